The summed E-state index contributed by atoms with van der Waals surface area (Å²) in [6.07, 6.45) is 5.87. The number of aliphatic hydroxyl groups is 1. The average Bonchev–Trinajstić information content (AvgIpc) is 3.14. The summed E-state index contributed by atoms with van der Waals surface area (Å²) in [5.41, 5.74) is 1.41. The van der Waals surface area contributed by atoms with Crippen LogP contribution in [0.25, 0.3) is 6.08 Å². The highest BCUT2D eigenvalue weighted by Crippen LogP contribution is 2.35. The molecule has 1 radical (unpaired) electrons. The molecule has 0 spiro atoms. The van der Waals surface area contributed by atoms with E-state index in [9.17, 15) is 14.7 Å². The maximum atomic E-state index is 13.4. The highest BCUT2D eigenvalue weighted by Gasteiger charge is 2.43. The van der Waals surface area contributed by atoms with Gasteiger partial charge >= 0.3 is 13.4 Å². The van der Waals surface area contributed by atoms with Gasteiger partial charge in [0, 0.05) is 24.8 Å². The van der Waals surface area contributed by atoms with E-state index in [0.29, 0.717) is 23.9 Å². The van der Waals surface area contributed by atoms with Crippen LogP contribution in [0, 0.1) is 5.92 Å². The molecule has 1 aromatic rings. The van der Waals surface area contributed by atoms with Crippen LogP contribution >= 0.6 is 0 Å². The van der Waals surface area contributed by atoms with Gasteiger partial charge < -0.3 is 38.4 Å². The summed E-state index contributed by atoms with van der Waals surface area (Å²) in [7, 11) is 4.56. The van der Waals surface area contributed by atoms with Crippen molar-refractivity contribution in [3.8, 4) is 5.75 Å². The summed E-state index contributed by atoms with van der Waals surface area (Å²) in [6.45, 7) is 7.23. The fourth-order valence-electron chi connectivity index (χ4n) is 4.14. The zero-order valence-electron chi connectivity index (χ0n) is 21.7. The highest BCUT2D eigenvalue weighted by molar-refractivity contribution is 6.70. The first-order valence-corrected chi connectivity index (χ1v) is 12.0. The summed E-state index contributed by atoms with van der Waals surface area (Å²) in [6, 6.07) is 3.43. The smallest absolute Gasteiger partial charge is 0.342 e. The first-order valence-electron chi connectivity index (χ1n) is 12.0. The molecule has 5 atom stereocenters. The van der Waals surface area contributed by atoms with E-state index < -0.39 is 36.2 Å². The van der Waals surface area contributed by atoms with Crippen LogP contribution in [0.15, 0.2) is 30.4 Å². The molecular weight excluding hydrogens is 465 g/mol. The van der Waals surface area contributed by atoms with Crippen molar-refractivity contribution in [2.45, 2.75) is 64.3 Å². The molecule has 0 aromatic heterocycles. The SMILES string of the molecule is COCOc1cc(N(C)[B]C=O)cc2c1C(=O)O[C@@H](C)[C@H](C)C=CC(O)[C@H]1OC(C)(C)O[C@H]1CC=C2. The minimum Gasteiger partial charge on any atom is -0.467 e. The Morgan fingerprint density at radius 3 is 2.69 bits per heavy atom. The number of hydrogen-bond donors (Lipinski definition) is 1. The number of benzene rings is 1. The van der Waals surface area contributed by atoms with E-state index in [1.165, 1.54) is 14.5 Å². The van der Waals surface area contributed by atoms with Crippen molar-refractivity contribution < 1.29 is 38.4 Å². The third-order valence-electron chi connectivity index (χ3n) is 6.21. The summed E-state index contributed by atoms with van der Waals surface area (Å²) in [4.78, 5) is 26.1. The van der Waals surface area contributed by atoms with Gasteiger partial charge in [0.1, 0.15) is 35.8 Å². The third-order valence-corrected chi connectivity index (χ3v) is 6.21. The van der Waals surface area contributed by atoms with Gasteiger partial charge in [0.15, 0.2) is 12.6 Å². The first kappa shape index (κ1) is 27.9. The summed E-state index contributed by atoms with van der Waals surface area (Å²) < 4.78 is 28.7. The zero-order valence-corrected chi connectivity index (χ0v) is 21.7. The second-order valence-corrected chi connectivity index (χ2v) is 9.48. The molecule has 0 bridgehead atoms. The van der Waals surface area contributed by atoms with E-state index in [-0.39, 0.29) is 24.0 Å². The molecule has 1 saturated heterocycles. The molecule has 1 unspecified atom stereocenters. The van der Waals surface area contributed by atoms with Crippen LogP contribution in [0.4, 0.5) is 5.69 Å². The van der Waals surface area contributed by atoms with Crippen LogP contribution in [0.2, 0.25) is 0 Å². The molecule has 1 aromatic carbocycles. The summed E-state index contributed by atoms with van der Waals surface area (Å²) in [5, 5.41) is 10.8. The number of nitrogens with zero attached hydrogens (tertiary/aromatic N) is 1. The van der Waals surface area contributed by atoms with E-state index in [1.807, 2.05) is 32.9 Å². The van der Waals surface area contributed by atoms with E-state index >= 15 is 0 Å². The van der Waals surface area contributed by atoms with Crippen molar-refractivity contribution in [2.75, 3.05) is 25.8 Å². The fraction of sp³-hybridized carbons (Fsp3) is 0.538. The molecule has 2 heterocycles. The van der Waals surface area contributed by atoms with Gasteiger partial charge in [-0.25, -0.2) is 4.79 Å². The number of anilines is 1. The largest absolute Gasteiger partial charge is 0.467 e. The van der Waals surface area contributed by atoms with E-state index in [4.69, 9.17) is 23.7 Å². The number of methoxy groups -OCH3 is 1. The van der Waals surface area contributed by atoms with Crippen molar-refractivity contribution in [1.29, 1.82) is 0 Å². The lowest BCUT2D eigenvalue weighted by molar-refractivity contribution is -0.152. The summed E-state index contributed by atoms with van der Waals surface area (Å²) >= 11 is 0. The van der Waals surface area contributed by atoms with Gasteiger partial charge in [-0.3, -0.25) is 0 Å². The van der Waals surface area contributed by atoms with Crippen LogP contribution in [-0.2, 0) is 23.7 Å². The van der Waals surface area contributed by atoms with Crippen molar-refractivity contribution in [3.05, 3.63) is 41.5 Å². The Labute approximate surface area is 213 Å². The predicted molar refractivity (Wildman–Crippen MR) is 137 cm³/mol. The molecule has 195 valence electrons. The Morgan fingerprint density at radius 2 is 2.00 bits per heavy atom. The molecule has 36 heavy (non-hydrogen) atoms. The molecule has 9 nitrogen and oxygen atoms in total. The van der Waals surface area contributed by atoms with Crippen LogP contribution in [-0.4, -0.2) is 75.8 Å². The molecule has 2 aliphatic rings. The monoisotopic (exact) mass is 500 g/mol. The molecule has 0 saturated carbocycles. The van der Waals surface area contributed by atoms with Gasteiger partial charge in [-0.15, -0.1) is 0 Å². The lowest BCUT2D eigenvalue weighted by Gasteiger charge is -2.24. The Bertz CT molecular complexity index is 994. The molecule has 0 aliphatic carbocycles. The average molecular weight is 500 g/mol. The van der Waals surface area contributed by atoms with Gasteiger partial charge in [0.05, 0.1) is 6.10 Å². The lowest BCUT2D eigenvalue weighted by Crippen LogP contribution is -2.34. The molecule has 0 amide bonds. The fourth-order valence-corrected chi connectivity index (χ4v) is 4.14. The quantitative estimate of drug-likeness (QED) is 0.208. The highest BCUT2D eigenvalue weighted by atomic mass is 16.8. The number of rotatable bonds is 6. The second-order valence-electron chi connectivity index (χ2n) is 9.48. The maximum absolute atomic E-state index is 13.4. The minimum absolute atomic E-state index is 0.0788. The number of ether oxygens (including phenoxy) is 5. The van der Waals surface area contributed by atoms with E-state index in [0.717, 1.165) is 0 Å². The molecular formula is C26H35BNO8. The van der Waals surface area contributed by atoms with Gasteiger partial charge in [0.25, 0.3) is 0 Å². The number of fused-ring (bicyclic) bond motifs is 2. The van der Waals surface area contributed by atoms with Crippen molar-refractivity contribution in [2.24, 2.45) is 5.92 Å². The predicted octanol–water partition coefficient (Wildman–Crippen LogP) is 2.95. The number of hydrogen-bond acceptors (Lipinski definition) is 9. The molecule has 1 N–H and O–H groups in total. The Kier molecular flexibility index (Phi) is 9.35. The molecule has 2 aliphatic heterocycles. The number of aliphatic hydroxyl groups excluding tert-OH is 1. The maximum Gasteiger partial charge on any atom is 0.342 e. The number of esters is 1. The van der Waals surface area contributed by atoms with Crippen molar-refractivity contribution in [1.82, 2.24) is 0 Å². The Morgan fingerprint density at radius 1 is 1.25 bits per heavy atom. The van der Waals surface area contributed by atoms with Gasteiger partial charge in [-0.1, -0.05) is 31.2 Å². The Hall–Kier alpha value is -2.66. The molecule has 10 heteroatoms. The number of carbonyl (C=O) groups is 2. The van der Waals surface area contributed by atoms with Crippen molar-refractivity contribution in [3.63, 3.8) is 0 Å². The first-order chi connectivity index (χ1) is 17.1. The topological polar surface area (TPSA) is 104 Å². The normalized spacial score (nSPS) is 27.9. The van der Waals surface area contributed by atoms with E-state index in [2.05, 4.69) is 0 Å². The third kappa shape index (κ3) is 6.76. The van der Waals surface area contributed by atoms with Gasteiger partial charge in [-0.2, -0.15) is 0 Å². The summed E-state index contributed by atoms with van der Waals surface area (Å²) in [5.74, 6) is -1.32. The number of carbonyl (C=O) groups excluding carboxylic acids is 2. The van der Waals surface area contributed by atoms with Crippen LogP contribution in [0.1, 0.15) is 50.0 Å². The zero-order chi connectivity index (χ0) is 26.5. The number of cyclic esters (lactones) is 1. The van der Waals surface area contributed by atoms with Gasteiger partial charge in [-0.05, 0) is 45.9 Å². The second kappa shape index (κ2) is 12.1. The van der Waals surface area contributed by atoms with Gasteiger partial charge in [0.2, 0.25) is 0 Å². The van der Waals surface area contributed by atoms with Crippen LogP contribution < -0.4 is 9.55 Å². The van der Waals surface area contributed by atoms with Crippen molar-refractivity contribution >= 4 is 31.3 Å². The van der Waals surface area contributed by atoms with Crippen LogP contribution in [0.3, 0.4) is 0 Å². The molecule has 1 fully saturated rings. The standard InChI is InChI=1S/C26H35BNO8/c1-16-10-11-20(30)24-21(35-26(3,4)36-24)9-7-8-18-12-19(28(5)27-14-29)13-22(33-15-32-6)23(18)25(31)34-17(16)2/h7-8,10-14,16-17,20-21,24,30H,9,15H2,1-6H3/t16-,17+,20?,21+,24-/m1/s1. The Balaban J connectivity index is 2.10. The van der Waals surface area contributed by atoms with E-state index in [1.54, 1.807) is 43.1 Å². The lowest BCUT2D eigenvalue weighted by atomic mass is 9.93. The minimum atomic E-state index is -0.890. The van der Waals surface area contributed by atoms with Crippen LogP contribution in [0.5, 0.6) is 5.75 Å². The molecule has 3 rings (SSSR count).